The molecule has 1 fully saturated rings. The quantitative estimate of drug-likeness (QED) is 0.785. The Labute approximate surface area is 120 Å². The van der Waals surface area contributed by atoms with Crippen molar-refractivity contribution in [1.29, 1.82) is 0 Å². The lowest BCUT2D eigenvalue weighted by Gasteiger charge is -2.19. The molecular weight excluding hydrogens is 278 g/mol. The lowest BCUT2D eigenvalue weighted by atomic mass is 10.2. The number of likely N-dealkylation sites (tertiary alicyclic amines) is 1. The molecule has 1 saturated heterocycles. The standard InChI is InChI=1S/C12H23N5O2S/c1-3-6-17-9-11(12(13)15-17)20(18,19)14-8-10-5-4-7-16(10)2/h9-10,14H,3-8H2,1-2H3,(H2,13,15). The molecule has 0 amide bonds. The molecule has 0 radical (unpaired) electrons. The molecule has 1 aromatic heterocycles. The molecule has 2 rings (SSSR count). The van der Waals surface area contributed by atoms with Crippen LogP contribution in [0.3, 0.4) is 0 Å². The van der Waals surface area contributed by atoms with E-state index in [1.165, 1.54) is 6.20 Å². The van der Waals surface area contributed by atoms with Crippen molar-refractivity contribution < 1.29 is 8.42 Å². The fourth-order valence-corrected chi connectivity index (χ4v) is 3.63. The van der Waals surface area contributed by atoms with Crippen molar-refractivity contribution in [3.05, 3.63) is 6.20 Å². The topological polar surface area (TPSA) is 93.2 Å². The molecule has 1 aliphatic heterocycles. The molecule has 3 N–H and O–H groups in total. The average molecular weight is 301 g/mol. The Morgan fingerprint density at radius 3 is 2.90 bits per heavy atom. The summed E-state index contributed by atoms with van der Waals surface area (Å²) in [5.74, 6) is 0.0609. The van der Waals surface area contributed by atoms with Gasteiger partial charge in [-0.1, -0.05) is 6.92 Å². The van der Waals surface area contributed by atoms with Gasteiger partial charge in [0.15, 0.2) is 5.82 Å². The summed E-state index contributed by atoms with van der Waals surface area (Å²) in [6.45, 7) is 4.09. The number of aryl methyl sites for hydroxylation is 1. The largest absolute Gasteiger partial charge is 0.381 e. The van der Waals surface area contributed by atoms with Gasteiger partial charge >= 0.3 is 0 Å². The molecule has 8 heteroatoms. The van der Waals surface area contributed by atoms with Gasteiger partial charge in [-0.3, -0.25) is 4.68 Å². The number of aromatic nitrogens is 2. The second-order valence-electron chi connectivity index (χ2n) is 5.27. The molecule has 2 heterocycles. The van der Waals surface area contributed by atoms with Gasteiger partial charge in [0.25, 0.3) is 0 Å². The van der Waals surface area contributed by atoms with Crippen LogP contribution < -0.4 is 10.5 Å². The fourth-order valence-electron chi connectivity index (χ4n) is 2.49. The van der Waals surface area contributed by atoms with Crippen LogP contribution in [0.2, 0.25) is 0 Å². The minimum absolute atomic E-state index is 0.0609. The average Bonchev–Trinajstić information content (AvgIpc) is 2.94. The molecule has 0 bridgehead atoms. The second kappa shape index (κ2) is 6.11. The first kappa shape index (κ1) is 15.3. The van der Waals surface area contributed by atoms with Gasteiger partial charge in [-0.2, -0.15) is 5.10 Å². The number of nitrogen functional groups attached to an aromatic ring is 1. The summed E-state index contributed by atoms with van der Waals surface area (Å²) >= 11 is 0. The summed E-state index contributed by atoms with van der Waals surface area (Å²) < 4.78 is 28.8. The van der Waals surface area contributed by atoms with Gasteiger partial charge in [-0.25, -0.2) is 13.1 Å². The highest BCUT2D eigenvalue weighted by atomic mass is 32.2. The predicted octanol–water partition coefficient (Wildman–Crippen LogP) is 0.248. The maximum atomic E-state index is 12.3. The maximum absolute atomic E-state index is 12.3. The van der Waals surface area contributed by atoms with Crippen molar-refractivity contribution in [2.24, 2.45) is 0 Å². The molecule has 1 atom stereocenters. The molecule has 20 heavy (non-hydrogen) atoms. The van der Waals surface area contributed by atoms with Crippen molar-refractivity contribution in [2.45, 2.75) is 43.7 Å². The van der Waals surface area contributed by atoms with Crippen LogP contribution in [0, 0.1) is 0 Å². The highest BCUT2D eigenvalue weighted by molar-refractivity contribution is 7.89. The lowest BCUT2D eigenvalue weighted by molar-refractivity contribution is 0.311. The summed E-state index contributed by atoms with van der Waals surface area (Å²) in [6.07, 6.45) is 4.50. The first-order valence-corrected chi connectivity index (χ1v) is 8.45. The molecule has 0 saturated carbocycles. The van der Waals surface area contributed by atoms with Crippen molar-refractivity contribution in [3.8, 4) is 0 Å². The van der Waals surface area contributed by atoms with Crippen LogP contribution in [-0.2, 0) is 16.6 Å². The van der Waals surface area contributed by atoms with E-state index in [-0.39, 0.29) is 16.8 Å². The van der Waals surface area contributed by atoms with Crippen LogP contribution in [0.25, 0.3) is 0 Å². The number of nitrogens with two attached hydrogens (primary N) is 1. The number of nitrogens with one attached hydrogen (secondary N) is 1. The van der Waals surface area contributed by atoms with Crippen molar-refractivity contribution >= 4 is 15.8 Å². The van der Waals surface area contributed by atoms with E-state index in [0.29, 0.717) is 13.1 Å². The van der Waals surface area contributed by atoms with Crippen LogP contribution in [0.1, 0.15) is 26.2 Å². The maximum Gasteiger partial charge on any atom is 0.245 e. The van der Waals surface area contributed by atoms with Crippen LogP contribution in [0.4, 0.5) is 5.82 Å². The Balaban J connectivity index is 2.06. The van der Waals surface area contributed by atoms with E-state index in [0.717, 1.165) is 25.8 Å². The van der Waals surface area contributed by atoms with Gasteiger partial charge in [0.1, 0.15) is 4.90 Å². The number of likely N-dealkylation sites (N-methyl/N-ethyl adjacent to an activating group) is 1. The van der Waals surface area contributed by atoms with E-state index < -0.39 is 10.0 Å². The van der Waals surface area contributed by atoms with Gasteiger partial charge in [-0.15, -0.1) is 0 Å². The number of sulfonamides is 1. The van der Waals surface area contributed by atoms with E-state index in [4.69, 9.17) is 5.73 Å². The Morgan fingerprint density at radius 1 is 1.55 bits per heavy atom. The summed E-state index contributed by atoms with van der Waals surface area (Å²) in [4.78, 5) is 2.25. The molecule has 0 aromatic carbocycles. The first-order valence-electron chi connectivity index (χ1n) is 6.97. The minimum Gasteiger partial charge on any atom is -0.381 e. The Bertz CT molecular complexity index is 554. The molecule has 0 aliphatic carbocycles. The minimum atomic E-state index is -3.58. The SMILES string of the molecule is CCCn1cc(S(=O)(=O)NCC2CCCN2C)c(N)n1. The van der Waals surface area contributed by atoms with E-state index in [9.17, 15) is 8.42 Å². The predicted molar refractivity (Wildman–Crippen MR) is 77.8 cm³/mol. The zero-order valence-electron chi connectivity index (χ0n) is 12.0. The summed E-state index contributed by atoms with van der Waals surface area (Å²) in [7, 11) is -1.57. The second-order valence-corrected chi connectivity index (χ2v) is 7.01. The fraction of sp³-hybridized carbons (Fsp3) is 0.750. The zero-order chi connectivity index (χ0) is 14.8. The first-order chi connectivity index (χ1) is 9.44. The summed E-state index contributed by atoms with van der Waals surface area (Å²) in [5.41, 5.74) is 5.71. The monoisotopic (exact) mass is 301 g/mol. The molecule has 0 spiro atoms. The Hall–Kier alpha value is -1.12. The van der Waals surface area contributed by atoms with Gasteiger partial charge < -0.3 is 10.6 Å². The van der Waals surface area contributed by atoms with E-state index >= 15 is 0 Å². The van der Waals surface area contributed by atoms with Crippen molar-refractivity contribution in [3.63, 3.8) is 0 Å². The number of anilines is 1. The number of hydrogen-bond acceptors (Lipinski definition) is 5. The Morgan fingerprint density at radius 2 is 2.30 bits per heavy atom. The molecule has 1 aromatic rings. The summed E-state index contributed by atoms with van der Waals surface area (Å²) in [6, 6.07) is 0.261. The van der Waals surface area contributed by atoms with Crippen LogP contribution in [0.5, 0.6) is 0 Å². The van der Waals surface area contributed by atoms with Gasteiger partial charge in [0.2, 0.25) is 10.0 Å². The number of hydrogen-bond donors (Lipinski definition) is 2. The lowest BCUT2D eigenvalue weighted by Crippen LogP contribution is -2.38. The van der Waals surface area contributed by atoms with Crippen LogP contribution >= 0.6 is 0 Å². The molecular formula is C12H23N5O2S. The smallest absolute Gasteiger partial charge is 0.245 e. The zero-order valence-corrected chi connectivity index (χ0v) is 12.9. The van der Waals surface area contributed by atoms with Crippen molar-refractivity contribution in [1.82, 2.24) is 19.4 Å². The molecule has 1 unspecified atom stereocenters. The molecule has 7 nitrogen and oxygen atoms in total. The summed E-state index contributed by atoms with van der Waals surface area (Å²) in [5, 5.41) is 4.03. The van der Waals surface area contributed by atoms with Crippen LogP contribution in [-0.4, -0.2) is 49.3 Å². The van der Waals surface area contributed by atoms with E-state index in [2.05, 4.69) is 14.7 Å². The number of nitrogens with zero attached hydrogens (tertiary/aromatic N) is 3. The van der Waals surface area contributed by atoms with E-state index in [1.54, 1.807) is 4.68 Å². The van der Waals surface area contributed by atoms with Crippen LogP contribution in [0.15, 0.2) is 11.1 Å². The highest BCUT2D eigenvalue weighted by Crippen LogP contribution is 2.18. The van der Waals surface area contributed by atoms with Crippen molar-refractivity contribution in [2.75, 3.05) is 25.9 Å². The Kier molecular flexibility index (Phi) is 4.66. The van der Waals surface area contributed by atoms with Gasteiger partial charge in [0.05, 0.1) is 0 Å². The van der Waals surface area contributed by atoms with Gasteiger partial charge in [0, 0.05) is 25.3 Å². The van der Waals surface area contributed by atoms with E-state index in [1.807, 2.05) is 14.0 Å². The third-order valence-corrected chi connectivity index (χ3v) is 5.12. The molecule has 114 valence electrons. The highest BCUT2D eigenvalue weighted by Gasteiger charge is 2.25. The third-order valence-electron chi connectivity index (χ3n) is 3.68. The third kappa shape index (κ3) is 3.31. The number of rotatable bonds is 6. The molecule has 1 aliphatic rings. The van der Waals surface area contributed by atoms with Gasteiger partial charge in [-0.05, 0) is 32.9 Å². The normalized spacial score (nSPS) is 20.6.